The second kappa shape index (κ2) is 2.99. The summed E-state index contributed by atoms with van der Waals surface area (Å²) in [7, 11) is 0. The molecule has 66 valence electrons. The van der Waals surface area contributed by atoms with Gasteiger partial charge in [0.2, 0.25) is 0 Å². The van der Waals surface area contributed by atoms with Gasteiger partial charge in [0.15, 0.2) is 5.78 Å². The molecule has 0 heterocycles. The van der Waals surface area contributed by atoms with Crippen LogP contribution in [0, 0.1) is 5.41 Å². The lowest BCUT2D eigenvalue weighted by atomic mass is 9.74. The van der Waals surface area contributed by atoms with E-state index in [0.29, 0.717) is 5.78 Å². The summed E-state index contributed by atoms with van der Waals surface area (Å²) in [6.07, 6.45) is 9.29. The summed E-state index contributed by atoms with van der Waals surface area (Å²) < 4.78 is 0.824. The van der Waals surface area contributed by atoms with Crippen LogP contribution in [0.4, 0.5) is 0 Å². The summed E-state index contributed by atoms with van der Waals surface area (Å²) in [6, 6.07) is 0. The van der Waals surface area contributed by atoms with E-state index >= 15 is 0 Å². The molecule has 1 nitrogen and oxygen atoms in total. The Morgan fingerprint density at radius 1 is 1.25 bits per heavy atom. The van der Waals surface area contributed by atoms with Crippen LogP contribution in [0.3, 0.4) is 0 Å². The largest absolute Gasteiger partial charge is 0.294 e. The predicted molar refractivity (Wildman–Crippen MR) is 52.2 cm³/mol. The van der Waals surface area contributed by atoms with Crippen molar-refractivity contribution < 1.29 is 4.79 Å². The van der Waals surface area contributed by atoms with E-state index in [1.807, 2.05) is 0 Å². The van der Waals surface area contributed by atoms with Gasteiger partial charge in [0.1, 0.15) is 0 Å². The van der Waals surface area contributed by atoms with Crippen molar-refractivity contribution in [2.45, 2.75) is 38.5 Å². The Hall–Kier alpha value is -0.110. The van der Waals surface area contributed by atoms with Crippen molar-refractivity contribution in [2.24, 2.45) is 5.41 Å². The summed E-state index contributed by atoms with van der Waals surface area (Å²) in [5, 5.41) is 0. The maximum atomic E-state index is 11.3. The Morgan fingerprint density at radius 2 is 1.92 bits per heavy atom. The highest BCUT2D eigenvalue weighted by Crippen LogP contribution is 2.46. The zero-order valence-electron chi connectivity index (χ0n) is 7.11. The highest BCUT2D eigenvalue weighted by atomic mass is 79.9. The minimum atomic E-state index is 0.258. The van der Waals surface area contributed by atoms with E-state index in [1.54, 1.807) is 0 Å². The minimum absolute atomic E-state index is 0.258. The number of Topliss-reactive ketones (excluding diaryl/α,β-unsaturated/α-hetero) is 1. The van der Waals surface area contributed by atoms with E-state index in [1.165, 1.54) is 32.1 Å². The number of ketones is 1. The summed E-state index contributed by atoms with van der Waals surface area (Å²) in [5.41, 5.74) is 0.258. The molecule has 0 saturated heterocycles. The lowest BCUT2D eigenvalue weighted by Crippen LogP contribution is -2.20. The van der Waals surface area contributed by atoms with Gasteiger partial charge in [0, 0.05) is 6.42 Å². The lowest BCUT2D eigenvalue weighted by Gasteiger charge is -2.30. The zero-order valence-corrected chi connectivity index (χ0v) is 8.69. The van der Waals surface area contributed by atoms with Gasteiger partial charge >= 0.3 is 0 Å². The molecule has 0 unspecified atom stereocenters. The van der Waals surface area contributed by atoms with Crippen molar-refractivity contribution in [2.75, 3.05) is 0 Å². The third kappa shape index (κ3) is 1.37. The van der Waals surface area contributed by atoms with Crippen LogP contribution >= 0.6 is 15.9 Å². The van der Waals surface area contributed by atoms with E-state index in [-0.39, 0.29) is 5.41 Å². The molecule has 0 N–H and O–H groups in total. The van der Waals surface area contributed by atoms with Gasteiger partial charge in [-0.2, -0.15) is 0 Å². The van der Waals surface area contributed by atoms with Crippen LogP contribution in [0.2, 0.25) is 0 Å². The standard InChI is InChI=1S/C10H13BrO/c11-8-6-10(7-9(8)12)4-2-1-3-5-10/h6H,1-5,7H2. The first kappa shape index (κ1) is 8.49. The maximum Gasteiger partial charge on any atom is 0.170 e. The second-order valence-corrected chi connectivity index (χ2v) is 4.87. The third-order valence-electron chi connectivity index (χ3n) is 3.06. The highest BCUT2D eigenvalue weighted by molar-refractivity contribution is 9.12. The van der Waals surface area contributed by atoms with Crippen molar-refractivity contribution >= 4 is 21.7 Å². The van der Waals surface area contributed by atoms with Gasteiger partial charge in [-0.1, -0.05) is 25.3 Å². The van der Waals surface area contributed by atoms with Crippen LogP contribution in [0.1, 0.15) is 38.5 Å². The molecule has 1 saturated carbocycles. The highest BCUT2D eigenvalue weighted by Gasteiger charge is 2.37. The molecule has 0 radical (unpaired) electrons. The van der Waals surface area contributed by atoms with Gasteiger partial charge in [0.05, 0.1) is 4.48 Å². The van der Waals surface area contributed by atoms with Crippen LogP contribution < -0.4 is 0 Å². The van der Waals surface area contributed by atoms with Crippen molar-refractivity contribution in [3.05, 3.63) is 10.6 Å². The van der Waals surface area contributed by atoms with Crippen LogP contribution in [0.5, 0.6) is 0 Å². The molecular weight excluding hydrogens is 216 g/mol. The Labute approximate surface area is 81.4 Å². The smallest absolute Gasteiger partial charge is 0.170 e. The van der Waals surface area contributed by atoms with E-state index in [0.717, 1.165) is 10.9 Å². The molecule has 2 aliphatic rings. The summed E-state index contributed by atoms with van der Waals surface area (Å²) >= 11 is 3.33. The van der Waals surface area contributed by atoms with Crippen molar-refractivity contribution in [1.82, 2.24) is 0 Å². The molecule has 0 aromatic rings. The fraction of sp³-hybridized carbons (Fsp3) is 0.700. The predicted octanol–water partition coefficient (Wildman–Crippen LogP) is 3.19. The average molecular weight is 229 g/mol. The number of hydrogen-bond acceptors (Lipinski definition) is 1. The molecule has 12 heavy (non-hydrogen) atoms. The zero-order chi connectivity index (χ0) is 8.60. The second-order valence-electron chi connectivity index (χ2n) is 4.02. The Balaban J connectivity index is 2.18. The molecule has 2 heteroatoms. The van der Waals surface area contributed by atoms with Gasteiger partial charge in [-0.05, 0) is 34.2 Å². The molecule has 0 aromatic carbocycles. The lowest BCUT2D eigenvalue weighted by molar-refractivity contribution is -0.115. The SMILES string of the molecule is O=C1CC2(C=C1Br)CCCCC2. The molecule has 0 atom stereocenters. The average Bonchev–Trinajstić information content (AvgIpc) is 2.29. The topological polar surface area (TPSA) is 17.1 Å². The third-order valence-corrected chi connectivity index (χ3v) is 3.73. The number of rotatable bonds is 0. The van der Waals surface area contributed by atoms with Gasteiger partial charge < -0.3 is 0 Å². The van der Waals surface area contributed by atoms with Crippen molar-refractivity contribution in [3.63, 3.8) is 0 Å². The first-order valence-electron chi connectivity index (χ1n) is 4.63. The molecule has 0 aliphatic heterocycles. The first-order chi connectivity index (χ1) is 5.72. The molecule has 0 bridgehead atoms. The quantitative estimate of drug-likeness (QED) is 0.623. The number of carbonyl (C=O) groups excluding carboxylic acids is 1. The minimum Gasteiger partial charge on any atom is -0.294 e. The van der Waals surface area contributed by atoms with Gasteiger partial charge in [-0.3, -0.25) is 4.79 Å². The normalized spacial score (nSPS) is 27.8. The summed E-state index contributed by atoms with van der Waals surface area (Å²) in [4.78, 5) is 11.3. The monoisotopic (exact) mass is 228 g/mol. The van der Waals surface area contributed by atoms with E-state index < -0.39 is 0 Å². The Morgan fingerprint density at radius 3 is 2.42 bits per heavy atom. The molecule has 1 spiro atoms. The molecule has 2 aliphatic carbocycles. The van der Waals surface area contributed by atoms with Crippen LogP contribution in [-0.2, 0) is 4.79 Å². The molecular formula is C10H13BrO. The fourth-order valence-corrected chi connectivity index (χ4v) is 3.01. The number of halogens is 1. The molecule has 2 rings (SSSR count). The Bertz CT molecular complexity index is 236. The fourth-order valence-electron chi connectivity index (χ4n) is 2.38. The molecule has 0 amide bonds. The van der Waals surface area contributed by atoms with Crippen molar-refractivity contribution in [3.8, 4) is 0 Å². The molecule has 1 fully saturated rings. The summed E-state index contributed by atoms with van der Waals surface area (Å²) in [5.74, 6) is 0.303. The van der Waals surface area contributed by atoms with Crippen LogP contribution in [-0.4, -0.2) is 5.78 Å². The van der Waals surface area contributed by atoms with Gasteiger partial charge in [0.25, 0.3) is 0 Å². The first-order valence-corrected chi connectivity index (χ1v) is 5.43. The number of allylic oxidation sites excluding steroid dienone is 2. The van der Waals surface area contributed by atoms with Crippen LogP contribution in [0.15, 0.2) is 10.6 Å². The number of hydrogen-bond donors (Lipinski definition) is 0. The maximum absolute atomic E-state index is 11.3. The molecule has 0 aromatic heterocycles. The Kier molecular flexibility index (Phi) is 2.11. The van der Waals surface area contributed by atoms with E-state index in [9.17, 15) is 4.79 Å². The van der Waals surface area contributed by atoms with E-state index in [2.05, 4.69) is 22.0 Å². The summed E-state index contributed by atoms with van der Waals surface area (Å²) in [6.45, 7) is 0. The van der Waals surface area contributed by atoms with Crippen molar-refractivity contribution in [1.29, 1.82) is 0 Å². The van der Waals surface area contributed by atoms with Crippen LogP contribution in [0.25, 0.3) is 0 Å². The van der Waals surface area contributed by atoms with E-state index in [4.69, 9.17) is 0 Å². The van der Waals surface area contributed by atoms with Gasteiger partial charge in [-0.15, -0.1) is 0 Å². The van der Waals surface area contributed by atoms with Gasteiger partial charge in [-0.25, -0.2) is 0 Å². The number of carbonyl (C=O) groups is 1.